The maximum atomic E-state index is 13.0. The Bertz CT molecular complexity index is 528. The second kappa shape index (κ2) is 11.7. The molecule has 0 heterocycles. The van der Waals surface area contributed by atoms with Crippen molar-refractivity contribution in [3.8, 4) is 0 Å². The van der Waals surface area contributed by atoms with E-state index in [1.807, 2.05) is 44.2 Å². The average Bonchev–Trinajstić information content (AvgIpc) is 2.65. The van der Waals surface area contributed by atoms with Crippen LogP contribution in [0.5, 0.6) is 0 Å². The number of hydrogen-bond acceptors (Lipinski definition) is 4. The molecule has 146 valence electrons. The van der Waals surface area contributed by atoms with E-state index in [1.165, 1.54) is 0 Å². The van der Waals surface area contributed by atoms with Crippen LogP contribution in [-0.4, -0.2) is 18.5 Å². The molecule has 26 heavy (non-hydrogen) atoms. The predicted molar refractivity (Wildman–Crippen MR) is 104 cm³/mol. The Kier molecular flexibility index (Phi) is 10.0. The monoisotopic (exact) mass is 362 g/mol. The van der Waals surface area contributed by atoms with E-state index in [4.69, 9.17) is 9.47 Å². The first-order valence-corrected chi connectivity index (χ1v) is 9.84. The Hall–Kier alpha value is -1.84. The van der Waals surface area contributed by atoms with Crippen molar-refractivity contribution >= 4 is 11.9 Å². The summed E-state index contributed by atoms with van der Waals surface area (Å²) in [7, 11) is 0. The molecule has 0 unspecified atom stereocenters. The molecular weight excluding hydrogens is 328 g/mol. The van der Waals surface area contributed by atoms with Gasteiger partial charge in [0, 0.05) is 0 Å². The molecule has 1 aromatic rings. The Balaban J connectivity index is 2.96. The molecule has 0 aliphatic heterocycles. The van der Waals surface area contributed by atoms with Crippen LogP contribution in [0.3, 0.4) is 0 Å². The normalized spacial score (nSPS) is 11.4. The summed E-state index contributed by atoms with van der Waals surface area (Å²) in [5.74, 6) is -0.641. The minimum atomic E-state index is -1.18. The van der Waals surface area contributed by atoms with E-state index in [0.29, 0.717) is 19.4 Å². The van der Waals surface area contributed by atoms with Crippen LogP contribution in [0.2, 0.25) is 0 Å². The van der Waals surface area contributed by atoms with E-state index in [0.717, 1.165) is 31.2 Å². The maximum absolute atomic E-state index is 13.0. The molecule has 0 saturated carbocycles. The number of hydrogen-bond donors (Lipinski definition) is 0. The van der Waals surface area contributed by atoms with Gasteiger partial charge in [0.1, 0.15) is 6.61 Å². The Labute approximate surface area is 158 Å². The number of unbranched alkanes of at least 4 members (excludes halogenated alkanes) is 2. The lowest BCUT2D eigenvalue weighted by Gasteiger charge is -2.30. The summed E-state index contributed by atoms with van der Waals surface area (Å²) < 4.78 is 11.1. The van der Waals surface area contributed by atoms with Gasteiger partial charge < -0.3 is 9.47 Å². The molecule has 0 amide bonds. The molecule has 1 rings (SSSR count). The third kappa shape index (κ3) is 6.81. The van der Waals surface area contributed by atoms with Gasteiger partial charge >= 0.3 is 11.9 Å². The van der Waals surface area contributed by atoms with E-state index in [-0.39, 0.29) is 12.5 Å². The fraction of sp³-hybridized carbons (Fsp3) is 0.636. The van der Waals surface area contributed by atoms with E-state index < -0.39 is 17.4 Å². The maximum Gasteiger partial charge on any atom is 0.323 e. The quantitative estimate of drug-likeness (QED) is 0.374. The van der Waals surface area contributed by atoms with Gasteiger partial charge in [-0.25, -0.2) is 0 Å². The molecule has 4 nitrogen and oxygen atoms in total. The highest BCUT2D eigenvalue weighted by molar-refractivity contribution is 6.00. The summed E-state index contributed by atoms with van der Waals surface area (Å²) in [5, 5.41) is 0. The van der Waals surface area contributed by atoms with Gasteiger partial charge in [-0.15, -0.1) is 0 Å². The SMILES string of the molecule is CCCCC(CCCC)(C(=O)OCc1ccccc1)C(=O)OCC(C)C. The van der Waals surface area contributed by atoms with Crippen molar-refractivity contribution in [2.45, 2.75) is 72.8 Å². The number of rotatable bonds is 12. The van der Waals surface area contributed by atoms with E-state index in [9.17, 15) is 9.59 Å². The van der Waals surface area contributed by atoms with Crippen molar-refractivity contribution in [3.63, 3.8) is 0 Å². The van der Waals surface area contributed by atoms with Crippen LogP contribution in [0.1, 0.15) is 71.8 Å². The molecule has 0 aliphatic rings. The number of benzene rings is 1. The van der Waals surface area contributed by atoms with E-state index in [2.05, 4.69) is 13.8 Å². The van der Waals surface area contributed by atoms with Crippen LogP contribution < -0.4 is 0 Å². The zero-order valence-corrected chi connectivity index (χ0v) is 16.8. The number of esters is 2. The third-order valence-electron chi connectivity index (χ3n) is 4.46. The van der Waals surface area contributed by atoms with Crippen LogP contribution in [0.4, 0.5) is 0 Å². The number of carbonyl (C=O) groups excluding carboxylic acids is 2. The molecule has 0 bridgehead atoms. The van der Waals surface area contributed by atoms with E-state index >= 15 is 0 Å². The van der Waals surface area contributed by atoms with Crippen molar-refractivity contribution in [1.82, 2.24) is 0 Å². The highest BCUT2D eigenvalue weighted by Gasteiger charge is 2.47. The summed E-state index contributed by atoms with van der Waals surface area (Å²) in [6.07, 6.45) is 4.37. The summed E-state index contributed by atoms with van der Waals surface area (Å²) in [6, 6.07) is 9.54. The predicted octanol–water partition coefficient (Wildman–Crippen LogP) is 5.30. The Morgan fingerprint density at radius 3 is 1.96 bits per heavy atom. The zero-order valence-electron chi connectivity index (χ0n) is 16.8. The lowest BCUT2D eigenvalue weighted by molar-refractivity contribution is -0.175. The van der Waals surface area contributed by atoms with Gasteiger partial charge in [0.2, 0.25) is 0 Å². The molecule has 0 aromatic heterocycles. The van der Waals surface area contributed by atoms with Gasteiger partial charge in [0.15, 0.2) is 5.41 Å². The van der Waals surface area contributed by atoms with Gasteiger partial charge in [-0.3, -0.25) is 9.59 Å². The molecule has 4 heteroatoms. The summed E-state index contributed by atoms with van der Waals surface area (Å²) >= 11 is 0. The Morgan fingerprint density at radius 2 is 1.46 bits per heavy atom. The Morgan fingerprint density at radius 1 is 0.923 bits per heavy atom. The fourth-order valence-electron chi connectivity index (χ4n) is 2.82. The molecule has 0 radical (unpaired) electrons. The van der Waals surface area contributed by atoms with Gasteiger partial charge in [-0.2, -0.15) is 0 Å². The molecule has 0 spiro atoms. The van der Waals surface area contributed by atoms with Crippen LogP contribution >= 0.6 is 0 Å². The van der Waals surface area contributed by atoms with Gasteiger partial charge in [-0.1, -0.05) is 83.7 Å². The zero-order chi connectivity index (χ0) is 19.4. The molecule has 1 aromatic carbocycles. The van der Waals surface area contributed by atoms with Gasteiger partial charge in [-0.05, 0) is 24.3 Å². The minimum absolute atomic E-state index is 0.178. The average molecular weight is 363 g/mol. The standard InChI is InChI=1S/C22H34O4/c1-5-7-14-22(15-8-6-2,20(23)25-16-18(3)4)21(24)26-17-19-12-10-9-11-13-19/h9-13,18H,5-8,14-17H2,1-4H3. The second-order valence-corrected chi connectivity index (χ2v) is 7.34. The minimum Gasteiger partial charge on any atom is -0.465 e. The fourth-order valence-corrected chi connectivity index (χ4v) is 2.82. The van der Waals surface area contributed by atoms with Gasteiger partial charge in [0.25, 0.3) is 0 Å². The first kappa shape index (κ1) is 22.2. The van der Waals surface area contributed by atoms with Crippen molar-refractivity contribution in [2.75, 3.05) is 6.61 Å². The smallest absolute Gasteiger partial charge is 0.323 e. The molecule has 0 saturated heterocycles. The highest BCUT2D eigenvalue weighted by atomic mass is 16.6. The largest absolute Gasteiger partial charge is 0.465 e. The summed E-state index contributed by atoms with van der Waals surface area (Å²) in [5.41, 5.74) is -0.272. The first-order chi connectivity index (χ1) is 12.5. The highest BCUT2D eigenvalue weighted by Crippen LogP contribution is 2.35. The van der Waals surface area contributed by atoms with Crippen LogP contribution in [0.25, 0.3) is 0 Å². The molecule has 0 aliphatic carbocycles. The number of ether oxygens (including phenoxy) is 2. The summed E-state index contributed by atoms with van der Waals surface area (Å²) in [6.45, 7) is 8.59. The third-order valence-corrected chi connectivity index (χ3v) is 4.46. The topological polar surface area (TPSA) is 52.6 Å². The molecule has 0 fully saturated rings. The van der Waals surface area contributed by atoms with Crippen LogP contribution in [0, 0.1) is 11.3 Å². The van der Waals surface area contributed by atoms with Gasteiger partial charge in [0.05, 0.1) is 6.61 Å². The summed E-state index contributed by atoms with van der Waals surface area (Å²) in [4.78, 5) is 25.9. The van der Waals surface area contributed by atoms with Crippen molar-refractivity contribution in [1.29, 1.82) is 0 Å². The lowest BCUT2D eigenvalue weighted by atomic mass is 9.78. The van der Waals surface area contributed by atoms with E-state index in [1.54, 1.807) is 0 Å². The second-order valence-electron chi connectivity index (χ2n) is 7.34. The van der Waals surface area contributed by atoms with Crippen molar-refractivity contribution in [3.05, 3.63) is 35.9 Å². The molecular formula is C22H34O4. The lowest BCUT2D eigenvalue weighted by Crippen LogP contribution is -2.42. The van der Waals surface area contributed by atoms with Crippen LogP contribution in [0.15, 0.2) is 30.3 Å². The molecule has 0 N–H and O–H groups in total. The van der Waals surface area contributed by atoms with Crippen LogP contribution in [-0.2, 0) is 25.7 Å². The van der Waals surface area contributed by atoms with Crippen molar-refractivity contribution in [2.24, 2.45) is 11.3 Å². The number of carbonyl (C=O) groups is 2. The first-order valence-electron chi connectivity index (χ1n) is 9.84. The van der Waals surface area contributed by atoms with Crippen molar-refractivity contribution < 1.29 is 19.1 Å². The molecule has 0 atom stereocenters.